The standard InChI is InChI=1S/C13H19N3O3/c1-19-7-6-16-8-10(2-3-11(16)17)15-12(18)13(9-14)4-5-13/h2-3,8H,4-7,9,14H2,1H3,(H,15,18). The molecule has 1 aromatic rings. The Kier molecular flexibility index (Phi) is 4.01. The van der Waals surface area contributed by atoms with Crippen molar-refractivity contribution in [2.24, 2.45) is 11.1 Å². The number of nitrogens with two attached hydrogens (primary N) is 1. The van der Waals surface area contributed by atoms with Crippen LogP contribution in [0.5, 0.6) is 0 Å². The molecule has 0 unspecified atom stereocenters. The molecule has 1 saturated carbocycles. The number of hydrogen-bond acceptors (Lipinski definition) is 4. The van der Waals surface area contributed by atoms with Crippen LogP contribution in [0.15, 0.2) is 23.1 Å². The Bertz CT molecular complexity index is 520. The first-order chi connectivity index (χ1) is 9.11. The molecule has 0 bridgehead atoms. The van der Waals surface area contributed by atoms with E-state index in [1.54, 1.807) is 19.4 Å². The Hall–Kier alpha value is -1.66. The molecule has 3 N–H and O–H groups in total. The number of pyridine rings is 1. The smallest absolute Gasteiger partial charge is 0.250 e. The summed E-state index contributed by atoms with van der Waals surface area (Å²) in [6, 6.07) is 3.05. The van der Waals surface area contributed by atoms with E-state index in [1.165, 1.54) is 10.6 Å². The normalized spacial score (nSPS) is 16.1. The molecule has 6 heteroatoms. The summed E-state index contributed by atoms with van der Waals surface area (Å²) in [5.74, 6) is -0.0630. The summed E-state index contributed by atoms with van der Waals surface area (Å²) in [6.45, 7) is 1.27. The summed E-state index contributed by atoms with van der Waals surface area (Å²) < 4.78 is 6.45. The van der Waals surface area contributed by atoms with E-state index in [0.717, 1.165) is 12.8 Å². The van der Waals surface area contributed by atoms with Gasteiger partial charge in [-0.25, -0.2) is 0 Å². The largest absolute Gasteiger partial charge is 0.383 e. The van der Waals surface area contributed by atoms with Crippen molar-refractivity contribution in [2.45, 2.75) is 19.4 Å². The van der Waals surface area contributed by atoms with Crippen molar-refractivity contribution in [3.8, 4) is 0 Å². The lowest BCUT2D eigenvalue weighted by atomic mass is 10.1. The zero-order chi connectivity index (χ0) is 13.9. The Balaban J connectivity index is 2.08. The van der Waals surface area contributed by atoms with Gasteiger partial charge in [-0.1, -0.05) is 0 Å². The van der Waals surface area contributed by atoms with Crippen molar-refractivity contribution in [3.05, 3.63) is 28.7 Å². The molecule has 1 fully saturated rings. The van der Waals surface area contributed by atoms with Gasteiger partial charge >= 0.3 is 0 Å². The van der Waals surface area contributed by atoms with Crippen LogP contribution in [-0.4, -0.2) is 30.7 Å². The third-order valence-electron chi connectivity index (χ3n) is 3.50. The van der Waals surface area contributed by atoms with Crippen LogP contribution in [0.3, 0.4) is 0 Å². The lowest BCUT2D eigenvalue weighted by molar-refractivity contribution is -0.120. The fraction of sp³-hybridized carbons (Fsp3) is 0.538. The van der Waals surface area contributed by atoms with E-state index in [9.17, 15) is 9.59 Å². The first kappa shape index (κ1) is 13.8. The molecule has 0 aliphatic heterocycles. The van der Waals surface area contributed by atoms with E-state index in [-0.39, 0.29) is 11.5 Å². The summed E-state index contributed by atoms with van der Waals surface area (Å²) in [7, 11) is 1.58. The number of methoxy groups -OCH3 is 1. The number of aromatic nitrogens is 1. The van der Waals surface area contributed by atoms with Gasteiger partial charge in [-0.2, -0.15) is 0 Å². The van der Waals surface area contributed by atoms with Crippen molar-refractivity contribution in [2.75, 3.05) is 25.6 Å². The molecule has 0 aromatic carbocycles. The van der Waals surface area contributed by atoms with Crippen LogP contribution in [0, 0.1) is 5.41 Å². The summed E-state index contributed by atoms with van der Waals surface area (Å²) >= 11 is 0. The number of anilines is 1. The van der Waals surface area contributed by atoms with Crippen molar-refractivity contribution < 1.29 is 9.53 Å². The van der Waals surface area contributed by atoms with E-state index >= 15 is 0 Å². The van der Waals surface area contributed by atoms with Gasteiger partial charge in [0.15, 0.2) is 0 Å². The Morgan fingerprint density at radius 2 is 2.26 bits per heavy atom. The molecular formula is C13H19N3O3. The highest BCUT2D eigenvalue weighted by molar-refractivity contribution is 5.97. The second-order valence-electron chi connectivity index (χ2n) is 4.88. The van der Waals surface area contributed by atoms with Crippen molar-refractivity contribution in [1.82, 2.24) is 4.57 Å². The number of amides is 1. The lowest BCUT2D eigenvalue weighted by Crippen LogP contribution is -2.31. The number of rotatable bonds is 6. The minimum Gasteiger partial charge on any atom is -0.383 e. The molecule has 1 aliphatic carbocycles. The van der Waals surface area contributed by atoms with Crippen LogP contribution in [0.4, 0.5) is 5.69 Å². The molecule has 1 aliphatic rings. The first-order valence-electron chi connectivity index (χ1n) is 6.32. The third kappa shape index (κ3) is 3.02. The second kappa shape index (κ2) is 5.54. The van der Waals surface area contributed by atoms with Crippen molar-refractivity contribution in [3.63, 3.8) is 0 Å². The van der Waals surface area contributed by atoms with Crippen molar-refractivity contribution >= 4 is 11.6 Å². The molecule has 1 heterocycles. The van der Waals surface area contributed by atoms with E-state index in [1.807, 2.05) is 0 Å². The van der Waals surface area contributed by atoms with Gasteiger partial charge in [0.2, 0.25) is 5.91 Å². The maximum atomic E-state index is 12.0. The number of ether oxygens (including phenoxy) is 1. The third-order valence-corrected chi connectivity index (χ3v) is 3.50. The van der Waals surface area contributed by atoms with Gasteiger partial charge < -0.3 is 20.4 Å². The van der Waals surface area contributed by atoms with Gasteiger partial charge in [-0.3, -0.25) is 9.59 Å². The van der Waals surface area contributed by atoms with Gasteiger partial charge in [0, 0.05) is 32.5 Å². The Morgan fingerprint density at radius 1 is 1.53 bits per heavy atom. The number of nitrogens with zero attached hydrogens (tertiary/aromatic N) is 1. The van der Waals surface area contributed by atoms with Crippen LogP contribution in [0.2, 0.25) is 0 Å². The minimum absolute atomic E-state index is 0.0630. The highest BCUT2D eigenvalue weighted by atomic mass is 16.5. The van der Waals surface area contributed by atoms with E-state index in [4.69, 9.17) is 10.5 Å². The van der Waals surface area contributed by atoms with Crippen LogP contribution in [0.1, 0.15) is 12.8 Å². The molecule has 0 atom stereocenters. The molecular weight excluding hydrogens is 246 g/mol. The molecule has 19 heavy (non-hydrogen) atoms. The first-order valence-corrected chi connectivity index (χ1v) is 6.32. The number of carbonyl (C=O) groups is 1. The molecule has 1 aromatic heterocycles. The summed E-state index contributed by atoms with van der Waals surface area (Å²) in [5, 5.41) is 2.82. The van der Waals surface area contributed by atoms with Gasteiger partial charge in [0.25, 0.3) is 5.56 Å². The summed E-state index contributed by atoms with van der Waals surface area (Å²) in [4.78, 5) is 23.6. The molecule has 104 valence electrons. The van der Waals surface area contributed by atoms with Gasteiger partial charge in [0.05, 0.1) is 17.7 Å². The SMILES string of the molecule is COCCn1cc(NC(=O)C2(CN)CC2)ccc1=O. The van der Waals surface area contributed by atoms with E-state index < -0.39 is 5.41 Å². The summed E-state index contributed by atoms with van der Waals surface area (Å²) in [5.41, 5.74) is 5.71. The fourth-order valence-electron chi connectivity index (χ4n) is 1.91. The molecule has 1 amide bonds. The van der Waals surface area contributed by atoms with E-state index in [0.29, 0.717) is 25.4 Å². The fourth-order valence-corrected chi connectivity index (χ4v) is 1.91. The van der Waals surface area contributed by atoms with Gasteiger partial charge in [-0.05, 0) is 18.9 Å². The summed E-state index contributed by atoms with van der Waals surface area (Å²) in [6.07, 6.45) is 3.29. The zero-order valence-corrected chi connectivity index (χ0v) is 11.0. The maximum Gasteiger partial charge on any atom is 0.250 e. The molecule has 0 spiro atoms. The lowest BCUT2D eigenvalue weighted by Gasteiger charge is -2.14. The molecule has 6 nitrogen and oxygen atoms in total. The highest BCUT2D eigenvalue weighted by Gasteiger charge is 2.48. The minimum atomic E-state index is -0.395. The van der Waals surface area contributed by atoms with Crippen LogP contribution >= 0.6 is 0 Å². The average Bonchev–Trinajstić information content (AvgIpc) is 3.20. The number of hydrogen-bond donors (Lipinski definition) is 2. The van der Waals surface area contributed by atoms with Crippen LogP contribution in [-0.2, 0) is 16.1 Å². The van der Waals surface area contributed by atoms with Crippen LogP contribution < -0.4 is 16.6 Å². The van der Waals surface area contributed by atoms with E-state index in [2.05, 4.69) is 5.32 Å². The monoisotopic (exact) mass is 265 g/mol. The predicted octanol–water partition coefficient (Wildman–Crippen LogP) is 0.172. The maximum absolute atomic E-state index is 12.0. The van der Waals surface area contributed by atoms with Crippen molar-refractivity contribution in [1.29, 1.82) is 0 Å². The second-order valence-corrected chi connectivity index (χ2v) is 4.88. The number of carbonyl (C=O) groups excluding carboxylic acids is 1. The quantitative estimate of drug-likeness (QED) is 0.767. The molecule has 0 saturated heterocycles. The van der Waals surface area contributed by atoms with Gasteiger partial charge in [0.1, 0.15) is 0 Å². The zero-order valence-electron chi connectivity index (χ0n) is 11.0. The molecule has 0 radical (unpaired) electrons. The average molecular weight is 265 g/mol. The van der Waals surface area contributed by atoms with Gasteiger partial charge in [-0.15, -0.1) is 0 Å². The molecule has 2 rings (SSSR count). The predicted molar refractivity (Wildman–Crippen MR) is 71.9 cm³/mol. The Labute approximate surface area is 111 Å². The Morgan fingerprint density at radius 3 is 2.84 bits per heavy atom. The number of nitrogens with one attached hydrogen (secondary N) is 1. The topological polar surface area (TPSA) is 86.3 Å². The van der Waals surface area contributed by atoms with Crippen LogP contribution in [0.25, 0.3) is 0 Å². The highest BCUT2D eigenvalue weighted by Crippen LogP contribution is 2.45.